The molecule has 0 saturated heterocycles. The second kappa shape index (κ2) is 7.79. The van der Waals surface area contributed by atoms with E-state index in [2.05, 4.69) is 46.6 Å². The number of halogens is 2. The fourth-order valence-electron chi connectivity index (χ4n) is 2.26. The van der Waals surface area contributed by atoms with E-state index in [1.165, 1.54) is 11.0 Å². The van der Waals surface area contributed by atoms with Crippen LogP contribution in [-0.4, -0.2) is 30.8 Å². The third kappa shape index (κ3) is 4.00. The van der Waals surface area contributed by atoms with E-state index in [1.54, 1.807) is 31.5 Å². The summed E-state index contributed by atoms with van der Waals surface area (Å²) in [4.78, 5) is 24.8. The van der Waals surface area contributed by atoms with Crippen LogP contribution in [0.4, 0.5) is 10.5 Å². The molecule has 2 amide bonds. The van der Waals surface area contributed by atoms with Gasteiger partial charge in [0.1, 0.15) is 6.33 Å². The van der Waals surface area contributed by atoms with Gasteiger partial charge in [0.2, 0.25) is 0 Å². The fraction of sp³-hybridized carbons (Fsp3) is 0.188. The average Bonchev–Trinajstić information content (AvgIpc) is 3.10. The van der Waals surface area contributed by atoms with Crippen LogP contribution in [0.5, 0.6) is 0 Å². The Balaban J connectivity index is 1.73. The molecule has 0 aliphatic heterocycles. The number of benzene rings is 1. The lowest BCUT2D eigenvalue weighted by Crippen LogP contribution is -2.32. The molecule has 3 aromatic rings. The topological polar surface area (TPSA) is 97.6 Å². The number of nitrogens with one attached hydrogen (secondary N) is 2. The smallest absolute Gasteiger partial charge is 0.319 e. The first kappa shape index (κ1) is 18.3. The number of amides is 2. The lowest BCUT2D eigenvalue weighted by Gasteiger charge is -2.15. The lowest BCUT2D eigenvalue weighted by molar-refractivity contribution is 0.248. The number of rotatable bonds is 4. The first-order chi connectivity index (χ1) is 12.5. The van der Waals surface area contributed by atoms with Crippen molar-refractivity contribution in [2.75, 3.05) is 5.32 Å². The zero-order valence-electron chi connectivity index (χ0n) is 13.9. The molecule has 2 N–H and O–H groups in total. The van der Waals surface area contributed by atoms with Gasteiger partial charge < -0.3 is 10.6 Å². The van der Waals surface area contributed by atoms with Crippen LogP contribution in [0.15, 0.2) is 41.4 Å². The Morgan fingerprint density at radius 3 is 2.73 bits per heavy atom. The van der Waals surface area contributed by atoms with Gasteiger partial charge in [-0.15, -0.1) is 0 Å². The van der Waals surface area contributed by atoms with E-state index in [0.717, 1.165) is 10.0 Å². The first-order valence-electron chi connectivity index (χ1n) is 7.66. The number of aromatic nitrogens is 5. The van der Waals surface area contributed by atoms with Gasteiger partial charge in [-0.25, -0.2) is 19.7 Å². The summed E-state index contributed by atoms with van der Waals surface area (Å²) in [5.41, 5.74) is 1.48. The Kier molecular flexibility index (Phi) is 5.48. The highest BCUT2D eigenvalue weighted by Crippen LogP contribution is 2.29. The number of aryl methyl sites for hydroxylation is 1. The molecule has 0 bridgehead atoms. The molecule has 0 aliphatic rings. The lowest BCUT2D eigenvalue weighted by atomic mass is 10.2. The van der Waals surface area contributed by atoms with Gasteiger partial charge in [0.15, 0.2) is 5.82 Å². The monoisotopic (exact) mass is 435 g/mol. The third-order valence-electron chi connectivity index (χ3n) is 3.55. The van der Waals surface area contributed by atoms with Crippen molar-refractivity contribution in [3.05, 3.63) is 57.8 Å². The van der Waals surface area contributed by atoms with Crippen molar-refractivity contribution in [3.63, 3.8) is 0 Å². The summed E-state index contributed by atoms with van der Waals surface area (Å²) >= 11 is 9.53. The summed E-state index contributed by atoms with van der Waals surface area (Å²) in [5, 5.41) is 10.3. The molecule has 8 nitrogen and oxygen atoms in total. The van der Waals surface area contributed by atoms with Gasteiger partial charge >= 0.3 is 6.03 Å². The van der Waals surface area contributed by atoms with Crippen molar-refractivity contribution in [2.45, 2.75) is 19.9 Å². The Labute approximate surface area is 163 Å². The predicted molar refractivity (Wildman–Crippen MR) is 101 cm³/mol. The maximum absolute atomic E-state index is 12.3. The molecule has 0 unspecified atom stereocenters. The Morgan fingerprint density at radius 1 is 1.27 bits per heavy atom. The number of urea groups is 1. The standard InChI is InChI=1S/C16H15BrClN7O/c1-9-6-11(17)13(7-12(9)18)24-16(26)23-10(2)14-21-8-22-25(14)15-19-4-3-5-20-15/h3-8,10H,1-2H3,(H2,23,24,26)/t10-/m0/s1. The Morgan fingerprint density at radius 2 is 2.00 bits per heavy atom. The van der Waals surface area contributed by atoms with E-state index in [1.807, 2.05) is 13.0 Å². The highest BCUT2D eigenvalue weighted by Gasteiger charge is 2.18. The Bertz CT molecular complexity index is 932. The van der Waals surface area contributed by atoms with Crippen molar-refractivity contribution in [2.24, 2.45) is 0 Å². The number of carbonyl (C=O) groups is 1. The normalized spacial score (nSPS) is 11.8. The van der Waals surface area contributed by atoms with Crippen LogP contribution in [0, 0.1) is 6.92 Å². The maximum atomic E-state index is 12.3. The summed E-state index contributed by atoms with van der Waals surface area (Å²) in [6, 6.07) is 4.40. The van der Waals surface area contributed by atoms with E-state index in [0.29, 0.717) is 22.5 Å². The van der Waals surface area contributed by atoms with E-state index >= 15 is 0 Å². The second-order valence-corrected chi connectivity index (χ2v) is 6.74. The zero-order chi connectivity index (χ0) is 18.7. The van der Waals surface area contributed by atoms with Gasteiger partial charge in [-0.2, -0.15) is 9.78 Å². The highest BCUT2D eigenvalue weighted by molar-refractivity contribution is 9.10. The number of nitrogens with zero attached hydrogens (tertiary/aromatic N) is 5. The Hall–Kier alpha value is -2.52. The second-order valence-electron chi connectivity index (χ2n) is 5.48. The third-order valence-corrected chi connectivity index (χ3v) is 4.61. The average molecular weight is 437 g/mol. The molecule has 0 spiro atoms. The van der Waals surface area contributed by atoms with E-state index < -0.39 is 12.1 Å². The SMILES string of the molecule is Cc1cc(Br)c(NC(=O)N[C@@H](C)c2ncnn2-c2ncccn2)cc1Cl. The molecule has 2 aromatic heterocycles. The van der Waals surface area contributed by atoms with Crippen LogP contribution in [-0.2, 0) is 0 Å². The summed E-state index contributed by atoms with van der Waals surface area (Å²) < 4.78 is 2.21. The largest absolute Gasteiger partial charge is 0.328 e. The quantitative estimate of drug-likeness (QED) is 0.650. The minimum atomic E-state index is -0.430. The number of hydrogen-bond donors (Lipinski definition) is 2. The van der Waals surface area contributed by atoms with E-state index in [4.69, 9.17) is 11.6 Å². The van der Waals surface area contributed by atoms with Crippen molar-refractivity contribution < 1.29 is 4.79 Å². The molecule has 134 valence electrons. The molecule has 10 heteroatoms. The van der Waals surface area contributed by atoms with Gasteiger partial charge in [-0.1, -0.05) is 11.6 Å². The van der Waals surface area contributed by atoms with Crippen molar-refractivity contribution >= 4 is 39.2 Å². The predicted octanol–water partition coefficient (Wildman–Crippen LogP) is 3.66. The summed E-state index contributed by atoms with van der Waals surface area (Å²) in [6.45, 7) is 3.68. The van der Waals surface area contributed by atoms with Crippen LogP contribution in [0.25, 0.3) is 5.95 Å². The number of carbonyl (C=O) groups excluding carboxylic acids is 1. The number of anilines is 1. The van der Waals surface area contributed by atoms with Gasteiger partial charge in [0.25, 0.3) is 5.95 Å². The van der Waals surface area contributed by atoms with Crippen LogP contribution in [0.2, 0.25) is 5.02 Å². The highest BCUT2D eigenvalue weighted by atomic mass is 79.9. The number of hydrogen-bond acceptors (Lipinski definition) is 5. The first-order valence-corrected chi connectivity index (χ1v) is 8.83. The van der Waals surface area contributed by atoms with Crippen LogP contribution in [0.3, 0.4) is 0 Å². The zero-order valence-corrected chi connectivity index (χ0v) is 16.3. The molecule has 26 heavy (non-hydrogen) atoms. The molecular formula is C16H15BrClN7O. The summed E-state index contributed by atoms with van der Waals surface area (Å²) in [5.74, 6) is 0.884. The van der Waals surface area contributed by atoms with E-state index in [9.17, 15) is 4.79 Å². The minimum Gasteiger partial charge on any atom is -0.328 e. The van der Waals surface area contributed by atoms with Crippen LogP contribution >= 0.6 is 27.5 Å². The molecule has 1 aromatic carbocycles. The van der Waals surface area contributed by atoms with Gasteiger partial charge in [-0.3, -0.25) is 0 Å². The van der Waals surface area contributed by atoms with Crippen molar-refractivity contribution in [1.82, 2.24) is 30.0 Å². The fourth-order valence-corrected chi connectivity index (χ4v) is 2.98. The molecule has 0 aliphatic carbocycles. The van der Waals surface area contributed by atoms with Gasteiger partial charge in [0.05, 0.1) is 11.7 Å². The molecule has 0 radical (unpaired) electrons. The van der Waals surface area contributed by atoms with Crippen LogP contribution in [0.1, 0.15) is 24.4 Å². The van der Waals surface area contributed by atoms with Crippen molar-refractivity contribution in [3.8, 4) is 5.95 Å². The van der Waals surface area contributed by atoms with Gasteiger partial charge in [0, 0.05) is 21.9 Å². The van der Waals surface area contributed by atoms with Crippen LogP contribution < -0.4 is 10.6 Å². The van der Waals surface area contributed by atoms with Crippen molar-refractivity contribution in [1.29, 1.82) is 0 Å². The summed E-state index contributed by atoms with van der Waals surface area (Å²) in [7, 11) is 0. The molecule has 0 saturated carbocycles. The molecule has 0 fully saturated rings. The molecular weight excluding hydrogens is 422 g/mol. The van der Waals surface area contributed by atoms with E-state index in [-0.39, 0.29) is 0 Å². The molecule has 3 rings (SSSR count). The maximum Gasteiger partial charge on any atom is 0.319 e. The molecule has 1 atom stereocenters. The molecule has 2 heterocycles. The van der Waals surface area contributed by atoms with Gasteiger partial charge in [-0.05, 0) is 53.5 Å². The summed E-state index contributed by atoms with van der Waals surface area (Å²) in [6.07, 6.45) is 4.60. The minimum absolute atomic E-state index is 0.377.